The molecule has 0 N–H and O–H groups in total. The SMILES string of the molecule is CCOC(=O)C1(C(=O)OCC)Cc2ccc(cc2)CC(C(=O)OCC)(C(=O)OCC)SCn2c(=O)n(c3ccccc32)CS1. The van der Waals surface area contributed by atoms with Crippen LogP contribution in [0.25, 0.3) is 11.0 Å². The zero-order valence-corrected chi connectivity index (χ0v) is 26.8. The molecule has 5 rings (SSSR count). The number of hydrogen-bond acceptors (Lipinski definition) is 11. The Bertz CT molecular complexity index is 1430. The summed E-state index contributed by atoms with van der Waals surface area (Å²) in [5.74, 6) is -3.26. The number of fused-ring (bicyclic) bond motifs is 9. The number of aromatic nitrogens is 2. The molecule has 2 aromatic carbocycles. The monoisotopic (exact) mass is 644 g/mol. The third-order valence-corrected chi connectivity index (χ3v) is 9.87. The molecule has 0 fully saturated rings. The minimum absolute atomic E-state index is 0.0414. The summed E-state index contributed by atoms with van der Waals surface area (Å²) in [6, 6.07) is 13.9. The van der Waals surface area contributed by atoms with Crippen molar-refractivity contribution in [3.63, 3.8) is 0 Å². The quantitative estimate of drug-likeness (QED) is 0.202. The number of rotatable bonds is 8. The zero-order chi connectivity index (χ0) is 31.9. The highest BCUT2D eigenvalue weighted by Crippen LogP contribution is 2.38. The summed E-state index contributed by atoms with van der Waals surface area (Å²) in [4.78, 5) is 68.2. The van der Waals surface area contributed by atoms with Crippen molar-refractivity contribution in [1.29, 1.82) is 0 Å². The van der Waals surface area contributed by atoms with Crippen LogP contribution in [-0.4, -0.2) is 68.9 Å². The van der Waals surface area contributed by atoms with Gasteiger partial charge in [-0.3, -0.25) is 9.13 Å². The highest BCUT2D eigenvalue weighted by atomic mass is 32.2. The summed E-state index contributed by atoms with van der Waals surface area (Å²) in [5.41, 5.74) is 1.85. The van der Waals surface area contributed by atoms with E-state index in [9.17, 15) is 24.0 Å². The zero-order valence-electron chi connectivity index (χ0n) is 25.2. The topological polar surface area (TPSA) is 132 Å². The summed E-state index contributed by atoms with van der Waals surface area (Å²) in [7, 11) is 0. The molecule has 4 bridgehead atoms. The summed E-state index contributed by atoms with van der Waals surface area (Å²) in [6.45, 7) is 6.77. The van der Waals surface area contributed by atoms with Crippen LogP contribution in [0.3, 0.4) is 0 Å². The molecule has 3 heterocycles. The number of ether oxygens (including phenoxy) is 4. The van der Waals surface area contributed by atoms with Crippen molar-refractivity contribution in [2.24, 2.45) is 0 Å². The number of para-hydroxylation sites is 2. The lowest BCUT2D eigenvalue weighted by Crippen LogP contribution is -2.48. The van der Waals surface area contributed by atoms with Gasteiger partial charge in [-0.1, -0.05) is 36.4 Å². The van der Waals surface area contributed by atoms with Gasteiger partial charge in [0, 0.05) is 12.8 Å². The van der Waals surface area contributed by atoms with E-state index < -0.39 is 39.1 Å². The molecule has 3 aromatic rings. The fraction of sp³-hybridized carbons (Fsp3) is 0.452. The van der Waals surface area contributed by atoms with Crippen LogP contribution in [0, 0.1) is 0 Å². The fourth-order valence-corrected chi connectivity index (χ4v) is 7.45. The molecule has 0 aliphatic carbocycles. The molecule has 11 nitrogen and oxygen atoms in total. The van der Waals surface area contributed by atoms with E-state index >= 15 is 0 Å². The van der Waals surface area contributed by atoms with Crippen molar-refractivity contribution in [2.45, 2.75) is 61.8 Å². The Labute approximate surface area is 263 Å². The number of benzene rings is 2. The third-order valence-electron chi connectivity index (χ3n) is 7.15. The number of thioether (sulfide) groups is 2. The second kappa shape index (κ2) is 14.4. The van der Waals surface area contributed by atoms with Crippen LogP contribution in [-0.2, 0) is 62.7 Å². The van der Waals surface area contributed by atoms with Crippen molar-refractivity contribution in [3.8, 4) is 0 Å². The molecule has 0 amide bonds. The first-order valence-electron chi connectivity index (χ1n) is 14.4. The van der Waals surface area contributed by atoms with Gasteiger partial charge in [-0.15, -0.1) is 23.5 Å². The first-order valence-corrected chi connectivity index (χ1v) is 16.4. The molecule has 0 spiro atoms. The Morgan fingerprint density at radius 2 is 0.932 bits per heavy atom. The van der Waals surface area contributed by atoms with Crippen LogP contribution in [0.1, 0.15) is 38.8 Å². The van der Waals surface area contributed by atoms with E-state index in [-0.39, 0.29) is 51.0 Å². The van der Waals surface area contributed by atoms with E-state index in [1.165, 1.54) is 9.13 Å². The van der Waals surface area contributed by atoms with Crippen molar-refractivity contribution in [2.75, 3.05) is 26.4 Å². The van der Waals surface area contributed by atoms with Crippen LogP contribution in [0.15, 0.2) is 53.3 Å². The second-order valence-corrected chi connectivity index (χ2v) is 12.4. The molecule has 1 aromatic heterocycles. The first kappa shape index (κ1) is 33.2. The molecule has 0 unspecified atom stereocenters. The normalized spacial score (nSPS) is 15.9. The largest absolute Gasteiger partial charge is 0.465 e. The molecule has 44 heavy (non-hydrogen) atoms. The lowest BCUT2D eigenvalue weighted by Gasteiger charge is -2.29. The number of nitrogens with zero attached hydrogens (tertiary/aromatic N) is 2. The van der Waals surface area contributed by atoms with Crippen LogP contribution in [0.2, 0.25) is 0 Å². The summed E-state index contributed by atoms with van der Waals surface area (Å²) in [5, 5.41) is 0. The van der Waals surface area contributed by atoms with Crippen molar-refractivity contribution < 1.29 is 38.1 Å². The van der Waals surface area contributed by atoms with Crippen LogP contribution >= 0.6 is 23.5 Å². The maximum atomic E-state index is 14.0. The van der Waals surface area contributed by atoms with Crippen LogP contribution < -0.4 is 5.69 Å². The minimum Gasteiger partial charge on any atom is -0.465 e. The third kappa shape index (κ3) is 6.39. The number of carbonyl (C=O) groups is 4. The molecule has 2 aliphatic heterocycles. The van der Waals surface area contributed by atoms with Crippen molar-refractivity contribution >= 4 is 58.4 Å². The van der Waals surface area contributed by atoms with Crippen molar-refractivity contribution in [3.05, 3.63) is 70.1 Å². The van der Waals surface area contributed by atoms with Crippen LogP contribution in [0.4, 0.5) is 0 Å². The van der Waals surface area contributed by atoms with Gasteiger partial charge in [0.25, 0.3) is 0 Å². The van der Waals surface area contributed by atoms with E-state index in [4.69, 9.17) is 18.9 Å². The van der Waals surface area contributed by atoms with E-state index in [1.807, 2.05) is 0 Å². The molecule has 0 atom stereocenters. The van der Waals surface area contributed by atoms with Crippen molar-refractivity contribution in [1.82, 2.24) is 9.13 Å². The predicted octanol–water partition coefficient (Wildman–Crippen LogP) is 3.71. The molecule has 0 saturated carbocycles. The highest BCUT2D eigenvalue weighted by molar-refractivity contribution is 8.01. The van der Waals surface area contributed by atoms with E-state index in [0.29, 0.717) is 22.2 Å². The van der Waals surface area contributed by atoms with Gasteiger partial charge in [0.05, 0.1) is 49.2 Å². The highest BCUT2D eigenvalue weighted by Gasteiger charge is 2.52. The summed E-state index contributed by atoms with van der Waals surface area (Å²) >= 11 is 1.92. The number of imidazole rings is 1. The minimum atomic E-state index is -1.81. The van der Waals surface area contributed by atoms with Gasteiger partial charge in [0.15, 0.2) is 0 Å². The van der Waals surface area contributed by atoms with Gasteiger partial charge in [-0.05, 0) is 51.0 Å². The number of esters is 4. The lowest BCUT2D eigenvalue weighted by atomic mass is 9.94. The van der Waals surface area contributed by atoms with E-state index in [1.54, 1.807) is 76.2 Å². The van der Waals surface area contributed by atoms with Gasteiger partial charge >= 0.3 is 29.6 Å². The number of hydrogen-bond donors (Lipinski definition) is 0. The molecule has 13 heteroatoms. The molecule has 236 valence electrons. The Hall–Kier alpha value is -3.71. The summed E-state index contributed by atoms with van der Waals surface area (Å²) < 4.78 is 20.9. The standard InChI is InChI=1S/C31H36N2O9S2/c1-5-39-25(34)30(26(35)40-6-2)17-21-13-15-22(16-14-21)18-31(27(36)41-7-3,28(37)42-8-4)44-20-33-24-12-10-9-11-23(24)32(19-43-30)29(33)38/h9-16H,5-8,17-20H2,1-4H3. The lowest BCUT2D eigenvalue weighted by molar-refractivity contribution is -0.160. The van der Waals surface area contributed by atoms with Gasteiger partial charge < -0.3 is 18.9 Å². The first-order chi connectivity index (χ1) is 21.2. The second-order valence-electron chi connectivity index (χ2n) is 9.88. The Balaban J connectivity index is 1.97. The Morgan fingerprint density at radius 3 is 1.23 bits per heavy atom. The molecule has 2 aliphatic rings. The number of carbonyl (C=O) groups excluding carboxylic acids is 4. The Kier molecular flexibility index (Phi) is 10.8. The fourth-order valence-electron chi connectivity index (χ4n) is 5.01. The maximum Gasteiger partial charge on any atom is 0.334 e. The average molecular weight is 645 g/mol. The Morgan fingerprint density at radius 1 is 0.614 bits per heavy atom. The average Bonchev–Trinajstić information content (AvgIpc) is 3.27. The van der Waals surface area contributed by atoms with Gasteiger partial charge in [-0.25, -0.2) is 24.0 Å². The van der Waals surface area contributed by atoms with Gasteiger partial charge in [0.1, 0.15) is 0 Å². The van der Waals surface area contributed by atoms with Crippen LogP contribution in [0.5, 0.6) is 0 Å². The summed E-state index contributed by atoms with van der Waals surface area (Å²) in [6.07, 6.45) is -0.169. The van der Waals surface area contributed by atoms with E-state index in [2.05, 4.69) is 0 Å². The predicted molar refractivity (Wildman–Crippen MR) is 167 cm³/mol. The molecular formula is C31H36N2O9S2. The van der Waals surface area contributed by atoms with Gasteiger partial charge in [-0.2, -0.15) is 0 Å². The smallest absolute Gasteiger partial charge is 0.334 e. The molecule has 0 radical (unpaired) electrons. The van der Waals surface area contributed by atoms with E-state index in [0.717, 1.165) is 23.5 Å². The van der Waals surface area contributed by atoms with Gasteiger partial charge in [0.2, 0.25) is 9.49 Å². The maximum absolute atomic E-state index is 14.0. The molecular weight excluding hydrogens is 608 g/mol. The molecule has 0 saturated heterocycles.